The number of hydrogen-bond donors (Lipinski definition) is 2. The second-order valence-corrected chi connectivity index (χ2v) is 7.40. The van der Waals surface area contributed by atoms with E-state index in [1.165, 1.54) is 5.39 Å². The van der Waals surface area contributed by atoms with Gasteiger partial charge in [0.1, 0.15) is 0 Å². The van der Waals surface area contributed by atoms with Crippen LogP contribution in [-0.4, -0.2) is 53.4 Å². The lowest BCUT2D eigenvalue weighted by atomic mass is 9.58. The van der Waals surface area contributed by atoms with Crippen LogP contribution in [0, 0.1) is 5.41 Å². The topological polar surface area (TPSA) is 71.6 Å². The number of para-hydroxylation sites is 1. The van der Waals surface area contributed by atoms with Gasteiger partial charge in [-0.1, -0.05) is 24.3 Å². The Balaban J connectivity index is 1.38. The van der Waals surface area contributed by atoms with E-state index in [2.05, 4.69) is 29.2 Å². The van der Waals surface area contributed by atoms with E-state index < -0.39 is 0 Å². The van der Waals surface area contributed by atoms with Crippen molar-refractivity contribution < 1.29 is 9.84 Å². The maximum Gasteiger partial charge on any atom is 0.0705 e. The molecule has 2 fully saturated rings. The Labute approximate surface area is 148 Å². The molecular weight excluding hydrogens is 314 g/mol. The average molecular weight is 341 g/mol. The van der Waals surface area contributed by atoms with Crippen LogP contribution in [-0.2, 0) is 11.3 Å². The number of pyridine rings is 1. The van der Waals surface area contributed by atoms with Gasteiger partial charge in [-0.15, -0.1) is 0 Å². The maximum absolute atomic E-state index is 10.3. The molecule has 25 heavy (non-hydrogen) atoms. The smallest absolute Gasteiger partial charge is 0.0705 e. The average Bonchev–Trinajstić information content (AvgIpc) is 2.65. The summed E-state index contributed by atoms with van der Waals surface area (Å²) < 4.78 is 5.88. The van der Waals surface area contributed by atoms with Gasteiger partial charge >= 0.3 is 0 Å². The first kappa shape index (κ1) is 16.9. The molecule has 1 saturated heterocycles. The fourth-order valence-corrected chi connectivity index (χ4v) is 4.38. The highest BCUT2D eigenvalue weighted by Gasteiger charge is 2.55. The lowest BCUT2D eigenvalue weighted by molar-refractivity contribution is -0.210. The summed E-state index contributed by atoms with van der Waals surface area (Å²) >= 11 is 0. The molecule has 1 spiro atoms. The van der Waals surface area contributed by atoms with E-state index in [-0.39, 0.29) is 17.6 Å². The van der Waals surface area contributed by atoms with Gasteiger partial charge < -0.3 is 15.6 Å². The number of nitrogens with zero attached hydrogens (tertiary/aromatic N) is 2. The summed E-state index contributed by atoms with van der Waals surface area (Å²) in [4.78, 5) is 7.22. The first-order valence-electron chi connectivity index (χ1n) is 9.28. The Morgan fingerprint density at radius 3 is 2.76 bits per heavy atom. The molecule has 134 valence electrons. The van der Waals surface area contributed by atoms with Crippen molar-refractivity contribution in [3.63, 3.8) is 0 Å². The molecular formula is C20H27N3O2. The number of aliphatic hydroxyl groups excluding tert-OH is 1. The summed E-state index contributed by atoms with van der Waals surface area (Å²) in [5.41, 5.74) is 7.66. The number of piperidine rings is 1. The van der Waals surface area contributed by atoms with Crippen LogP contribution in [0.5, 0.6) is 0 Å². The predicted octanol–water partition coefficient (Wildman–Crippen LogP) is 1.93. The summed E-state index contributed by atoms with van der Waals surface area (Å²) in [6.07, 6.45) is 2.67. The second-order valence-electron chi connectivity index (χ2n) is 7.40. The summed E-state index contributed by atoms with van der Waals surface area (Å²) in [5.74, 6) is 0. The van der Waals surface area contributed by atoms with Gasteiger partial charge in [0.15, 0.2) is 0 Å². The van der Waals surface area contributed by atoms with Crippen LogP contribution in [0.3, 0.4) is 0 Å². The minimum atomic E-state index is -0.226. The largest absolute Gasteiger partial charge is 0.392 e. The highest BCUT2D eigenvalue weighted by atomic mass is 16.5. The Kier molecular flexibility index (Phi) is 4.73. The van der Waals surface area contributed by atoms with Crippen LogP contribution in [0.4, 0.5) is 0 Å². The summed E-state index contributed by atoms with van der Waals surface area (Å²) in [6, 6.07) is 12.5. The summed E-state index contributed by atoms with van der Waals surface area (Å²) in [7, 11) is 0. The zero-order valence-corrected chi connectivity index (χ0v) is 14.6. The third-order valence-corrected chi connectivity index (χ3v) is 6.01. The van der Waals surface area contributed by atoms with E-state index >= 15 is 0 Å². The number of nitrogens with two attached hydrogens (primary N) is 1. The molecule has 2 aliphatic rings. The molecule has 1 aliphatic carbocycles. The van der Waals surface area contributed by atoms with E-state index in [1.54, 1.807) is 0 Å². The number of rotatable bonds is 5. The highest BCUT2D eigenvalue weighted by molar-refractivity contribution is 5.78. The second kappa shape index (κ2) is 7.00. The van der Waals surface area contributed by atoms with Crippen molar-refractivity contribution in [1.29, 1.82) is 0 Å². The Morgan fingerprint density at radius 1 is 1.20 bits per heavy atom. The SMILES string of the molecule is NCCOC1CC(O)C12CCN(Cc1ccc3ccccc3n1)CC2. The predicted molar refractivity (Wildman–Crippen MR) is 98.1 cm³/mol. The molecule has 5 heteroatoms. The lowest BCUT2D eigenvalue weighted by Crippen LogP contribution is -2.62. The van der Waals surface area contributed by atoms with Crippen molar-refractivity contribution in [2.75, 3.05) is 26.2 Å². The first-order valence-corrected chi connectivity index (χ1v) is 9.28. The number of aliphatic hydroxyl groups is 1. The van der Waals surface area contributed by atoms with Crippen LogP contribution in [0.15, 0.2) is 36.4 Å². The molecule has 5 nitrogen and oxygen atoms in total. The monoisotopic (exact) mass is 341 g/mol. The third-order valence-electron chi connectivity index (χ3n) is 6.01. The maximum atomic E-state index is 10.3. The van der Waals surface area contributed by atoms with Crippen LogP contribution < -0.4 is 5.73 Å². The van der Waals surface area contributed by atoms with Gasteiger partial charge in [-0.3, -0.25) is 9.88 Å². The van der Waals surface area contributed by atoms with Gasteiger partial charge in [0.2, 0.25) is 0 Å². The molecule has 0 bridgehead atoms. The van der Waals surface area contributed by atoms with E-state index in [1.807, 2.05) is 12.1 Å². The summed E-state index contributed by atoms with van der Waals surface area (Å²) in [6.45, 7) is 3.96. The van der Waals surface area contributed by atoms with Gasteiger partial charge in [-0.25, -0.2) is 0 Å². The number of likely N-dealkylation sites (tertiary alicyclic amines) is 1. The number of fused-ring (bicyclic) bond motifs is 1. The van der Waals surface area contributed by atoms with Gasteiger partial charge in [0.05, 0.1) is 30.0 Å². The summed E-state index contributed by atoms with van der Waals surface area (Å²) in [5, 5.41) is 11.5. The quantitative estimate of drug-likeness (QED) is 0.869. The van der Waals surface area contributed by atoms with Gasteiger partial charge in [0, 0.05) is 30.3 Å². The van der Waals surface area contributed by atoms with Gasteiger partial charge in [-0.2, -0.15) is 0 Å². The zero-order chi connectivity index (χ0) is 17.3. The van der Waals surface area contributed by atoms with Crippen LogP contribution >= 0.6 is 0 Å². The molecule has 2 atom stereocenters. The minimum Gasteiger partial charge on any atom is -0.392 e. The fourth-order valence-electron chi connectivity index (χ4n) is 4.38. The fraction of sp³-hybridized carbons (Fsp3) is 0.550. The van der Waals surface area contributed by atoms with Gasteiger partial charge in [0.25, 0.3) is 0 Å². The number of benzene rings is 1. The normalized spacial score (nSPS) is 26.0. The number of hydrogen-bond acceptors (Lipinski definition) is 5. The van der Waals surface area contributed by atoms with Crippen molar-refractivity contribution in [3.05, 3.63) is 42.1 Å². The number of aromatic nitrogens is 1. The van der Waals surface area contributed by atoms with Crippen molar-refractivity contribution >= 4 is 10.9 Å². The molecule has 2 aromatic rings. The standard InChI is InChI=1S/C20H27N3O2/c21-9-12-25-19-13-18(24)20(19)7-10-23(11-8-20)14-16-6-5-15-3-1-2-4-17(15)22-16/h1-6,18-19,24H,7-14,21H2. The van der Waals surface area contributed by atoms with Crippen molar-refractivity contribution in [1.82, 2.24) is 9.88 Å². The molecule has 4 rings (SSSR count). The Morgan fingerprint density at radius 2 is 2.00 bits per heavy atom. The highest BCUT2D eigenvalue weighted by Crippen LogP contribution is 2.51. The molecule has 0 amide bonds. The molecule has 2 heterocycles. The molecule has 1 aromatic carbocycles. The Bertz CT molecular complexity index is 728. The lowest BCUT2D eigenvalue weighted by Gasteiger charge is -2.56. The first-order chi connectivity index (χ1) is 12.2. The minimum absolute atomic E-state index is 0.0531. The van der Waals surface area contributed by atoms with Crippen molar-refractivity contribution in [2.45, 2.75) is 38.0 Å². The van der Waals surface area contributed by atoms with Crippen molar-refractivity contribution in [2.24, 2.45) is 11.1 Å². The van der Waals surface area contributed by atoms with Crippen molar-refractivity contribution in [3.8, 4) is 0 Å². The molecule has 0 radical (unpaired) electrons. The molecule has 3 N–H and O–H groups in total. The van der Waals surface area contributed by atoms with E-state index in [4.69, 9.17) is 15.5 Å². The van der Waals surface area contributed by atoms with Crippen LogP contribution in [0.2, 0.25) is 0 Å². The van der Waals surface area contributed by atoms with Crippen LogP contribution in [0.25, 0.3) is 10.9 Å². The van der Waals surface area contributed by atoms with E-state index in [9.17, 15) is 5.11 Å². The molecule has 2 unspecified atom stereocenters. The molecule has 1 aliphatic heterocycles. The Hall–Kier alpha value is -1.53. The molecule has 1 saturated carbocycles. The number of ether oxygens (including phenoxy) is 1. The van der Waals surface area contributed by atoms with E-state index in [0.29, 0.717) is 13.2 Å². The van der Waals surface area contributed by atoms with E-state index in [0.717, 1.165) is 50.1 Å². The molecule has 1 aromatic heterocycles. The van der Waals surface area contributed by atoms with Crippen LogP contribution in [0.1, 0.15) is 25.0 Å². The third kappa shape index (κ3) is 3.17. The zero-order valence-electron chi connectivity index (χ0n) is 14.6. The van der Waals surface area contributed by atoms with Gasteiger partial charge in [-0.05, 0) is 38.1 Å².